The third-order valence-electron chi connectivity index (χ3n) is 4.26. The molecule has 0 aromatic carbocycles. The van der Waals surface area contributed by atoms with Crippen LogP contribution in [-0.4, -0.2) is 18.0 Å². The van der Waals surface area contributed by atoms with Gasteiger partial charge in [0.2, 0.25) is 5.91 Å². The van der Waals surface area contributed by atoms with E-state index in [1.165, 1.54) is 4.88 Å². The molecule has 112 valence electrons. The lowest BCUT2D eigenvalue weighted by Gasteiger charge is -2.42. The first-order valence-electron chi connectivity index (χ1n) is 7.41. The first kappa shape index (κ1) is 14.6. The molecule has 5 heteroatoms. The molecule has 21 heavy (non-hydrogen) atoms. The van der Waals surface area contributed by atoms with Crippen molar-refractivity contribution in [3.63, 3.8) is 0 Å². The average Bonchev–Trinajstić information content (AvgIpc) is 2.90. The number of carbonyl (C=O) groups is 1. The third-order valence-corrected chi connectivity index (χ3v) is 5.83. The lowest BCUT2D eigenvalue weighted by molar-refractivity contribution is -0.117. The van der Waals surface area contributed by atoms with Crippen LogP contribution in [0.3, 0.4) is 0 Å². The molecule has 2 aliphatic rings. The summed E-state index contributed by atoms with van der Waals surface area (Å²) in [7, 11) is 0. The molecule has 1 amide bonds. The number of rotatable bonds is 1. The summed E-state index contributed by atoms with van der Waals surface area (Å²) in [5.41, 5.74) is 1.63. The molecular weight excluding hydrogens is 282 g/mol. The number of amides is 1. The predicted octanol–water partition coefficient (Wildman–Crippen LogP) is 2.91. The van der Waals surface area contributed by atoms with Crippen LogP contribution >= 0.6 is 11.3 Å². The molecule has 4 nitrogen and oxygen atoms in total. The van der Waals surface area contributed by atoms with E-state index in [1.807, 2.05) is 4.90 Å². The number of hydrogen-bond donors (Lipinski definition) is 1. The summed E-state index contributed by atoms with van der Waals surface area (Å²) in [6.07, 6.45) is 2.31. The van der Waals surface area contributed by atoms with Gasteiger partial charge in [-0.05, 0) is 46.1 Å². The summed E-state index contributed by atoms with van der Waals surface area (Å²) >= 11 is 1.62. The predicted molar refractivity (Wildman–Crippen MR) is 84.6 cm³/mol. The van der Waals surface area contributed by atoms with E-state index < -0.39 is 0 Å². The maximum atomic E-state index is 12.1. The number of carbonyl (C=O) groups excluding carboxylic acids is 1. The molecule has 1 aromatic heterocycles. The Balaban J connectivity index is 2.17. The van der Waals surface area contributed by atoms with Gasteiger partial charge in [0.05, 0.1) is 5.56 Å². The van der Waals surface area contributed by atoms with Crippen LogP contribution in [0.1, 0.15) is 56.5 Å². The van der Waals surface area contributed by atoms with Crippen molar-refractivity contribution in [1.29, 1.82) is 5.26 Å². The van der Waals surface area contributed by atoms with Crippen LogP contribution in [0, 0.1) is 11.3 Å². The van der Waals surface area contributed by atoms with Crippen molar-refractivity contribution in [2.75, 3.05) is 11.4 Å². The summed E-state index contributed by atoms with van der Waals surface area (Å²) in [5.74, 6) is 0.148. The van der Waals surface area contributed by atoms with Crippen LogP contribution in [0.2, 0.25) is 0 Å². The van der Waals surface area contributed by atoms with Crippen molar-refractivity contribution in [3.8, 4) is 6.07 Å². The Kier molecular flexibility index (Phi) is 3.16. The Hall–Kier alpha value is -1.38. The summed E-state index contributed by atoms with van der Waals surface area (Å²) in [6, 6.07) is 2.37. The number of fused-ring (bicyclic) bond motifs is 1. The van der Waals surface area contributed by atoms with Gasteiger partial charge in [-0.2, -0.15) is 5.26 Å². The Morgan fingerprint density at radius 1 is 1.33 bits per heavy atom. The molecule has 3 heterocycles. The summed E-state index contributed by atoms with van der Waals surface area (Å²) in [6.45, 7) is 9.37. The van der Waals surface area contributed by atoms with Gasteiger partial charge >= 0.3 is 0 Å². The molecule has 1 aromatic rings. The zero-order chi connectivity index (χ0) is 15.4. The molecule has 1 saturated heterocycles. The van der Waals surface area contributed by atoms with Crippen LogP contribution in [0.5, 0.6) is 0 Å². The van der Waals surface area contributed by atoms with E-state index in [0.29, 0.717) is 12.0 Å². The van der Waals surface area contributed by atoms with E-state index in [4.69, 9.17) is 0 Å². The Labute approximate surface area is 129 Å². The molecule has 0 unspecified atom stereocenters. The van der Waals surface area contributed by atoms with Crippen molar-refractivity contribution in [2.24, 2.45) is 0 Å². The van der Waals surface area contributed by atoms with E-state index >= 15 is 0 Å². The van der Waals surface area contributed by atoms with Gasteiger partial charge < -0.3 is 10.2 Å². The second kappa shape index (κ2) is 4.56. The maximum Gasteiger partial charge on any atom is 0.227 e. The van der Waals surface area contributed by atoms with Gasteiger partial charge in [-0.25, -0.2) is 0 Å². The molecule has 0 atom stereocenters. The van der Waals surface area contributed by atoms with Crippen LogP contribution in [0.15, 0.2) is 0 Å². The zero-order valence-electron chi connectivity index (χ0n) is 13.0. The van der Waals surface area contributed by atoms with Crippen molar-refractivity contribution in [3.05, 3.63) is 16.0 Å². The zero-order valence-corrected chi connectivity index (χ0v) is 13.9. The lowest BCUT2D eigenvalue weighted by atomic mass is 9.81. The van der Waals surface area contributed by atoms with Gasteiger partial charge in [-0.3, -0.25) is 4.79 Å². The molecular formula is C16H21N3OS. The third kappa shape index (κ3) is 2.27. The highest BCUT2D eigenvalue weighted by Gasteiger charge is 2.41. The van der Waals surface area contributed by atoms with E-state index in [-0.39, 0.29) is 17.0 Å². The molecule has 0 radical (unpaired) electrons. The number of nitriles is 1. The number of thiophene rings is 1. The summed E-state index contributed by atoms with van der Waals surface area (Å²) in [4.78, 5) is 15.1. The molecule has 0 aliphatic carbocycles. The highest BCUT2D eigenvalue weighted by molar-refractivity contribution is 7.17. The topological polar surface area (TPSA) is 56.1 Å². The standard InChI is InChI=1S/C16H21N3OS/c1-15(2)8-10-11(9-17)14(19-7-5-6-12(19)20)21-13(10)16(3,4)18-15/h18H,5-8H2,1-4H3. The minimum absolute atomic E-state index is 0.0462. The van der Waals surface area contributed by atoms with Gasteiger partial charge in [-0.1, -0.05) is 0 Å². The fourth-order valence-electron chi connectivity index (χ4n) is 3.68. The largest absolute Gasteiger partial charge is 0.303 e. The summed E-state index contributed by atoms with van der Waals surface area (Å²) in [5, 5.41) is 14.2. The van der Waals surface area contributed by atoms with E-state index in [1.54, 1.807) is 11.3 Å². The second-order valence-electron chi connectivity index (χ2n) is 7.16. The minimum Gasteiger partial charge on any atom is -0.303 e. The fraction of sp³-hybridized carbons (Fsp3) is 0.625. The number of anilines is 1. The Morgan fingerprint density at radius 3 is 2.62 bits per heavy atom. The fourth-order valence-corrected chi connectivity index (χ4v) is 5.05. The SMILES string of the molecule is CC1(C)Cc2c(sc(N3CCCC3=O)c2C#N)C(C)(C)N1. The van der Waals surface area contributed by atoms with Crippen LogP contribution in [0.25, 0.3) is 0 Å². The van der Waals surface area contributed by atoms with Crippen LogP contribution in [-0.2, 0) is 16.8 Å². The normalized spacial score (nSPS) is 23.0. The highest BCUT2D eigenvalue weighted by Crippen LogP contribution is 2.46. The highest BCUT2D eigenvalue weighted by atomic mass is 32.1. The molecule has 2 aliphatic heterocycles. The Morgan fingerprint density at radius 2 is 2.05 bits per heavy atom. The Bertz CT molecular complexity index is 651. The molecule has 3 rings (SSSR count). The second-order valence-corrected chi connectivity index (χ2v) is 8.16. The van der Waals surface area contributed by atoms with E-state index in [9.17, 15) is 10.1 Å². The molecule has 1 fully saturated rings. The average molecular weight is 303 g/mol. The minimum atomic E-state index is -0.172. The molecule has 0 bridgehead atoms. The molecule has 1 N–H and O–H groups in total. The van der Waals surface area contributed by atoms with Gasteiger partial charge in [0.25, 0.3) is 0 Å². The van der Waals surface area contributed by atoms with Crippen molar-refractivity contribution >= 4 is 22.2 Å². The first-order valence-corrected chi connectivity index (χ1v) is 8.23. The van der Waals surface area contributed by atoms with Gasteiger partial charge in [0, 0.05) is 28.9 Å². The monoisotopic (exact) mass is 303 g/mol. The first-order chi connectivity index (χ1) is 9.75. The van der Waals surface area contributed by atoms with Crippen molar-refractivity contribution < 1.29 is 4.79 Å². The maximum absolute atomic E-state index is 12.1. The number of nitrogens with one attached hydrogen (secondary N) is 1. The van der Waals surface area contributed by atoms with Crippen LogP contribution < -0.4 is 10.2 Å². The van der Waals surface area contributed by atoms with Crippen molar-refractivity contribution in [2.45, 2.75) is 58.0 Å². The lowest BCUT2D eigenvalue weighted by Crippen LogP contribution is -2.54. The van der Waals surface area contributed by atoms with Gasteiger partial charge in [-0.15, -0.1) is 11.3 Å². The molecule has 0 spiro atoms. The quantitative estimate of drug-likeness (QED) is 0.868. The van der Waals surface area contributed by atoms with Crippen LogP contribution in [0.4, 0.5) is 5.00 Å². The van der Waals surface area contributed by atoms with E-state index in [2.05, 4.69) is 39.1 Å². The number of hydrogen-bond acceptors (Lipinski definition) is 4. The summed E-state index contributed by atoms with van der Waals surface area (Å²) < 4.78 is 0. The smallest absolute Gasteiger partial charge is 0.227 e. The number of nitrogens with zero attached hydrogens (tertiary/aromatic N) is 2. The van der Waals surface area contributed by atoms with Gasteiger partial charge in [0.1, 0.15) is 11.1 Å². The van der Waals surface area contributed by atoms with E-state index in [0.717, 1.165) is 30.0 Å². The van der Waals surface area contributed by atoms with Crippen molar-refractivity contribution in [1.82, 2.24) is 5.32 Å². The van der Waals surface area contributed by atoms with Gasteiger partial charge in [0.15, 0.2) is 0 Å². The molecule has 0 saturated carbocycles.